The predicted octanol–water partition coefficient (Wildman–Crippen LogP) is 5.43. The van der Waals surface area contributed by atoms with Gasteiger partial charge in [-0.1, -0.05) is 24.3 Å². The molecule has 0 spiro atoms. The van der Waals surface area contributed by atoms with Gasteiger partial charge >= 0.3 is 0 Å². The smallest absolute Gasteiger partial charge is 0.162 e. The summed E-state index contributed by atoms with van der Waals surface area (Å²) in [5.41, 5.74) is 6.43. The fourth-order valence-electron chi connectivity index (χ4n) is 5.10. The van der Waals surface area contributed by atoms with E-state index >= 15 is 0 Å². The van der Waals surface area contributed by atoms with Crippen molar-refractivity contribution in [2.45, 2.75) is 45.4 Å². The van der Waals surface area contributed by atoms with Crippen molar-refractivity contribution >= 4 is 11.5 Å². The molecule has 33 heavy (non-hydrogen) atoms. The number of nitriles is 1. The lowest BCUT2D eigenvalue weighted by atomic mass is 9.72. The summed E-state index contributed by atoms with van der Waals surface area (Å²) in [5.74, 6) is 0.711. The zero-order valence-corrected chi connectivity index (χ0v) is 19.8. The molecule has 1 aliphatic carbocycles. The van der Waals surface area contributed by atoms with E-state index in [0.717, 1.165) is 59.0 Å². The number of nitrogens with one attached hydrogen (secondary N) is 1. The Morgan fingerprint density at radius 2 is 1.67 bits per heavy atom. The number of ether oxygens (including phenoxy) is 1. The molecule has 1 aliphatic heterocycles. The van der Waals surface area contributed by atoms with Crippen molar-refractivity contribution in [3.05, 3.63) is 82.2 Å². The number of carbonyl (C=O) groups is 1. The van der Waals surface area contributed by atoms with E-state index < -0.39 is 0 Å². The maximum Gasteiger partial charge on any atom is 0.162 e. The van der Waals surface area contributed by atoms with Crippen molar-refractivity contribution < 1.29 is 9.53 Å². The van der Waals surface area contributed by atoms with Crippen LogP contribution < -0.4 is 15.0 Å². The Morgan fingerprint density at radius 1 is 1.03 bits per heavy atom. The highest BCUT2D eigenvalue weighted by atomic mass is 16.5. The van der Waals surface area contributed by atoms with Crippen molar-refractivity contribution in [3.8, 4) is 11.8 Å². The fourth-order valence-corrected chi connectivity index (χ4v) is 5.10. The molecule has 0 saturated carbocycles. The van der Waals surface area contributed by atoms with Gasteiger partial charge in [0.25, 0.3) is 0 Å². The van der Waals surface area contributed by atoms with Gasteiger partial charge in [-0.2, -0.15) is 5.26 Å². The van der Waals surface area contributed by atoms with Crippen LogP contribution in [0.5, 0.6) is 5.75 Å². The van der Waals surface area contributed by atoms with Crippen LogP contribution in [0.25, 0.3) is 0 Å². The first-order valence-corrected chi connectivity index (χ1v) is 11.6. The lowest BCUT2D eigenvalue weighted by Crippen LogP contribution is -2.33. The monoisotopic (exact) mass is 441 g/mol. The Kier molecular flexibility index (Phi) is 6.55. The molecule has 0 unspecified atom stereocenters. The third-order valence-corrected chi connectivity index (χ3v) is 6.89. The van der Waals surface area contributed by atoms with Crippen LogP contribution in [-0.4, -0.2) is 26.0 Å². The molecule has 2 aromatic carbocycles. The molecule has 0 fully saturated rings. The molecule has 0 aromatic heterocycles. The molecule has 2 atom stereocenters. The molecule has 0 saturated heterocycles. The minimum atomic E-state index is -0.318. The van der Waals surface area contributed by atoms with Crippen LogP contribution in [0, 0.1) is 11.3 Å². The average molecular weight is 442 g/mol. The van der Waals surface area contributed by atoms with Crippen molar-refractivity contribution in [1.29, 1.82) is 5.26 Å². The standard InChI is InChI=1S/C28H31N3O2/c1-5-31(6-2)22-11-7-20(8-12-22)27-24(17-29)18(3)30-25-15-21(16-26(32)28(25)27)19-9-13-23(33-4)14-10-19/h7-14,21,27,30H,5-6,15-16H2,1-4H3/t21-,27+/m0/s1. The van der Waals surface area contributed by atoms with Crippen LogP contribution in [0.15, 0.2) is 71.1 Å². The lowest BCUT2D eigenvalue weighted by Gasteiger charge is -2.36. The Labute approximate surface area is 196 Å². The molecule has 5 nitrogen and oxygen atoms in total. The van der Waals surface area contributed by atoms with E-state index in [0.29, 0.717) is 12.0 Å². The summed E-state index contributed by atoms with van der Waals surface area (Å²) in [6.45, 7) is 8.09. The number of methoxy groups -OCH3 is 1. The molecule has 1 heterocycles. The van der Waals surface area contributed by atoms with Gasteiger partial charge in [0.2, 0.25) is 0 Å². The van der Waals surface area contributed by atoms with Gasteiger partial charge < -0.3 is 15.0 Å². The maximum absolute atomic E-state index is 13.5. The molecule has 0 bridgehead atoms. The highest BCUT2D eigenvalue weighted by molar-refractivity contribution is 6.00. The van der Waals surface area contributed by atoms with E-state index in [1.165, 1.54) is 0 Å². The third-order valence-electron chi connectivity index (χ3n) is 6.89. The number of hydrogen-bond acceptors (Lipinski definition) is 5. The summed E-state index contributed by atoms with van der Waals surface area (Å²) < 4.78 is 5.27. The molecular formula is C28H31N3O2. The van der Waals surface area contributed by atoms with E-state index in [-0.39, 0.29) is 17.6 Å². The van der Waals surface area contributed by atoms with Gasteiger partial charge in [-0.25, -0.2) is 0 Å². The van der Waals surface area contributed by atoms with E-state index in [9.17, 15) is 10.1 Å². The Morgan fingerprint density at radius 3 is 2.24 bits per heavy atom. The van der Waals surface area contributed by atoms with Crippen LogP contribution in [0.4, 0.5) is 5.69 Å². The van der Waals surface area contributed by atoms with Crippen molar-refractivity contribution in [3.63, 3.8) is 0 Å². The Bertz CT molecular complexity index is 1130. The van der Waals surface area contributed by atoms with Gasteiger partial charge in [-0.05, 0) is 68.5 Å². The summed E-state index contributed by atoms with van der Waals surface area (Å²) in [7, 11) is 1.65. The minimum Gasteiger partial charge on any atom is -0.497 e. The second-order valence-electron chi connectivity index (χ2n) is 8.67. The normalized spacial score (nSPS) is 20.2. The number of hydrogen-bond donors (Lipinski definition) is 1. The first-order valence-electron chi connectivity index (χ1n) is 11.6. The number of dihydropyridines is 1. The number of benzene rings is 2. The quantitative estimate of drug-likeness (QED) is 0.648. The minimum absolute atomic E-state index is 0.108. The molecule has 5 heteroatoms. The zero-order valence-electron chi connectivity index (χ0n) is 19.8. The zero-order chi connectivity index (χ0) is 23.5. The number of allylic oxidation sites excluding steroid dienone is 4. The highest BCUT2D eigenvalue weighted by Crippen LogP contribution is 2.45. The number of anilines is 1. The van der Waals surface area contributed by atoms with Crippen LogP contribution in [0.3, 0.4) is 0 Å². The molecule has 2 aromatic rings. The van der Waals surface area contributed by atoms with Crippen molar-refractivity contribution in [2.75, 3.05) is 25.1 Å². The molecule has 4 rings (SSSR count). The largest absolute Gasteiger partial charge is 0.497 e. The molecular weight excluding hydrogens is 410 g/mol. The van der Waals surface area contributed by atoms with Gasteiger partial charge in [0, 0.05) is 42.2 Å². The third kappa shape index (κ3) is 4.26. The lowest BCUT2D eigenvalue weighted by molar-refractivity contribution is -0.116. The second kappa shape index (κ2) is 9.54. The Hall–Kier alpha value is -3.52. The summed E-state index contributed by atoms with van der Waals surface area (Å²) in [4.78, 5) is 15.8. The molecule has 2 aliphatic rings. The van der Waals surface area contributed by atoms with Gasteiger partial charge in [-0.3, -0.25) is 4.79 Å². The highest BCUT2D eigenvalue weighted by Gasteiger charge is 2.38. The van der Waals surface area contributed by atoms with Crippen LogP contribution >= 0.6 is 0 Å². The van der Waals surface area contributed by atoms with Gasteiger partial charge in [0.1, 0.15) is 5.75 Å². The summed E-state index contributed by atoms with van der Waals surface area (Å²) in [6.07, 6.45) is 1.19. The SMILES string of the molecule is CCN(CC)c1ccc([C@@H]2C(C#N)=C(C)NC3=C2C(=O)C[C@@H](c2ccc(OC)cc2)C3)cc1. The number of ketones is 1. The van der Waals surface area contributed by atoms with Crippen LogP contribution in [0.2, 0.25) is 0 Å². The van der Waals surface area contributed by atoms with E-state index in [1.807, 2.05) is 31.2 Å². The molecule has 170 valence electrons. The molecule has 1 N–H and O–H groups in total. The number of carbonyl (C=O) groups excluding carboxylic acids is 1. The van der Waals surface area contributed by atoms with Gasteiger partial charge in [0.15, 0.2) is 5.78 Å². The van der Waals surface area contributed by atoms with Crippen LogP contribution in [0.1, 0.15) is 56.6 Å². The van der Waals surface area contributed by atoms with Crippen molar-refractivity contribution in [1.82, 2.24) is 5.32 Å². The molecule has 0 amide bonds. The van der Waals surface area contributed by atoms with Crippen molar-refractivity contribution in [2.24, 2.45) is 0 Å². The Balaban J connectivity index is 1.70. The first-order chi connectivity index (χ1) is 16.0. The summed E-state index contributed by atoms with van der Waals surface area (Å²) in [6, 6.07) is 18.7. The fraction of sp³-hybridized carbons (Fsp3) is 0.357. The van der Waals surface area contributed by atoms with Gasteiger partial charge in [0.05, 0.1) is 24.7 Å². The summed E-state index contributed by atoms with van der Waals surface area (Å²) in [5, 5.41) is 13.4. The number of rotatable bonds is 6. The van der Waals surface area contributed by atoms with E-state index in [1.54, 1.807) is 7.11 Å². The summed E-state index contributed by atoms with van der Waals surface area (Å²) >= 11 is 0. The topological polar surface area (TPSA) is 65.4 Å². The second-order valence-corrected chi connectivity index (χ2v) is 8.67. The predicted molar refractivity (Wildman–Crippen MR) is 131 cm³/mol. The van der Waals surface area contributed by atoms with Gasteiger partial charge in [-0.15, -0.1) is 0 Å². The van der Waals surface area contributed by atoms with Crippen LogP contribution in [-0.2, 0) is 4.79 Å². The van der Waals surface area contributed by atoms with E-state index in [2.05, 4.69) is 54.4 Å². The number of Topliss-reactive ketones (excluding diaryl/α,β-unsaturated/α-hetero) is 1. The van der Waals surface area contributed by atoms with E-state index in [4.69, 9.17) is 4.74 Å². The molecule has 0 radical (unpaired) electrons. The maximum atomic E-state index is 13.5. The first kappa shape index (κ1) is 22.7. The number of nitrogens with zero attached hydrogens (tertiary/aromatic N) is 2. The average Bonchev–Trinajstić information content (AvgIpc) is 2.84.